The maximum absolute atomic E-state index is 12.4. The van der Waals surface area contributed by atoms with E-state index in [-0.39, 0.29) is 6.03 Å². The Morgan fingerprint density at radius 2 is 1.56 bits per heavy atom. The summed E-state index contributed by atoms with van der Waals surface area (Å²) >= 11 is 0. The van der Waals surface area contributed by atoms with Crippen LogP contribution in [0.3, 0.4) is 0 Å². The molecule has 0 saturated carbocycles. The third-order valence-electron chi connectivity index (χ3n) is 5.46. The summed E-state index contributed by atoms with van der Waals surface area (Å²) in [6, 6.07) is 19.1. The number of anilines is 1. The number of benzene rings is 2. The number of fused-ring (bicyclic) bond motifs is 1. The van der Waals surface area contributed by atoms with Crippen LogP contribution < -0.4 is 5.32 Å². The topological polar surface area (TPSA) is 35.6 Å². The first-order chi connectivity index (χ1) is 12.3. The zero-order valence-electron chi connectivity index (χ0n) is 14.5. The van der Waals surface area contributed by atoms with Gasteiger partial charge in [0.15, 0.2) is 0 Å². The molecule has 1 aliphatic heterocycles. The fourth-order valence-electron chi connectivity index (χ4n) is 4.00. The smallest absolute Gasteiger partial charge is 0.321 e. The maximum Gasteiger partial charge on any atom is 0.321 e. The number of para-hydroxylation sites is 1. The van der Waals surface area contributed by atoms with E-state index in [9.17, 15) is 4.79 Å². The number of amides is 2. The van der Waals surface area contributed by atoms with Gasteiger partial charge in [0.2, 0.25) is 0 Å². The fraction of sp³-hybridized carbons (Fsp3) is 0.381. The summed E-state index contributed by atoms with van der Waals surface area (Å²) < 4.78 is 0. The molecule has 2 amide bonds. The van der Waals surface area contributed by atoms with Gasteiger partial charge in [0.05, 0.1) is 0 Å². The average Bonchev–Trinajstić information content (AvgIpc) is 2.68. The van der Waals surface area contributed by atoms with E-state index in [1.165, 1.54) is 24.0 Å². The van der Waals surface area contributed by atoms with E-state index in [2.05, 4.69) is 34.5 Å². The molecule has 1 aliphatic carbocycles. The molecule has 4 nitrogen and oxygen atoms in total. The molecule has 0 aromatic heterocycles. The number of hydrogen-bond acceptors (Lipinski definition) is 2. The molecule has 0 bridgehead atoms. The van der Waals surface area contributed by atoms with Crippen molar-refractivity contribution in [1.82, 2.24) is 9.80 Å². The summed E-state index contributed by atoms with van der Waals surface area (Å²) in [5.41, 5.74) is 3.88. The summed E-state index contributed by atoms with van der Waals surface area (Å²) in [6.07, 6.45) is 3.55. The van der Waals surface area contributed by atoms with Crippen molar-refractivity contribution in [3.63, 3.8) is 0 Å². The second-order valence-electron chi connectivity index (χ2n) is 6.98. The Hall–Kier alpha value is -2.33. The Bertz CT molecular complexity index is 723. The Balaban J connectivity index is 1.31. The lowest BCUT2D eigenvalue weighted by atomic mass is 9.87. The third kappa shape index (κ3) is 3.69. The number of nitrogens with one attached hydrogen (secondary N) is 1. The molecule has 130 valence electrons. The van der Waals surface area contributed by atoms with Gasteiger partial charge >= 0.3 is 6.03 Å². The van der Waals surface area contributed by atoms with Gasteiger partial charge in [0.25, 0.3) is 0 Å². The van der Waals surface area contributed by atoms with Gasteiger partial charge in [-0.25, -0.2) is 4.79 Å². The molecule has 2 aromatic carbocycles. The second kappa shape index (κ2) is 7.28. The van der Waals surface area contributed by atoms with Gasteiger partial charge < -0.3 is 10.2 Å². The number of carbonyl (C=O) groups is 1. The standard InChI is InChI=1S/C21H25N3O/c25-21(22-19-8-2-1-3-9-19)24-14-12-23(13-15-24)20-11-10-17-6-4-5-7-18(17)16-20/h1-9,20H,10-16H2,(H,22,25)/t20-/m1/s1. The highest BCUT2D eigenvalue weighted by Gasteiger charge is 2.28. The highest BCUT2D eigenvalue weighted by Crippen LogP contribution is 2.25. The number of carbonyl (C=O) groups excluding carboxylic acids is 1. The molecule has 1 heterocycles. The number of rotatable bonds is 2. The molecule has 4 rings (SSSR count). The van der Waals surface area contributed by atoms with Crippen LogP contribution in [0.5, 0.6) is 0 Å². The van der Waals surface area contributed by atoms with Crippen LogP contribution in [-0.4, -0.2) is 48.1 Å². The minimum Gasteiger partial charge on any atom is -0.322 e. The van der Waals surface area contributed by atoms with Crippen molar-refractivity contribution in [1.29, 1.82) is 0 Å². The summed E-state index contributed by atoms with van der Waals surface area (Å²) in [5, 5.41) is 2.99. The molecule has 4 heteroatoms. The van der Waals surface area contributed by atoms with Crippen LogP contribution in [0, 0.1) is 0 Å². The normalized spacial score (nSPS) is 20.8. The van der Waals surface area contributed by atoms with Crippen molar-refractivity contribution < 1.29 is 4.79 Å². The Morgan fingerprint density at radius 1 is 0.880 bits per heavy atom. The van der Waals surface area contributed by atoms with Crippen molar-refractivity contribution >= 4 is 11.7 Å². The molecule has 0 radical (unpaired) electrons. The monoisotopic (exact) mass is 335 g/mol. The molecule has 25 heavy (non-hydrogen) atoms. The van der Waals surface area contributed by atoms with E-state index < -0.39 is 0 Å². The molecule has 1 fully saturated rings. The van der Waals surface area contributed by atoms with Crippen LogP contribution in [-0.2, 0) is 12.8 Å². The molecule has 2 aromatic rings. The largest absolute Gasteiger partial charge is 0.322 e. The van der Waals surface area contributed by atoms with Crippen LogP contribution in [0.25, 0.3) is 0 Å². The first-order valence-corrected chi connectivity index (χ1v) is 9.21. The Morgan fingerprint density at radius 3 is 2.32 bits per heavy atom. The molecular formula is C21H25N3O. The van der Waals surface area contributed by atoms with Gasteiger partial charge in [-0.2, -0.15) is 0 Å². The van der Waals surface area contributed by atoms with Crippen LogP contribution in [0.15, 0.2) is 54.6 Å². The highest BCUT2D eigenvalue weighted by atomic mass is 16.2. The van der Waals surface area contributed by atoms with E-state index >= 15 is 0 Å². The summed E-state index contributed by atoms with van der Waals surface area (Å²) in [4.78, 5) is 16.9. The van der Waals surface area contributed by atoms with Gasteiger partial charge in [-0.05, 0) is 42.5 Å². The maximum atomic E-state index is 12.4. The lowest BCUT2D eigenvalue weighted by Crippen LogP contribution is -2.53. The lowest BCUT2D eigenvalue weighted by Gasteiger charge is -2.41. The van der Waals surface area contributed by atoms with Crippen molar-refractivity contribution in [2.75, 3.05) is 31.5 Å². The zero-order valence-corrected chi connectivity index (χ0v) is 14.5. The van der Waals surface area contributed by atoms with Crippen LogP contribution in [0.1, 0.15) is 17.5 Å². The Kier molecular flexibility index (Phi) is 4.70. The second-order valence-corrected chi connectivity index (χ2v) is 6.98. The van der Waals surface area contributed by atoms with Gasteiger partial charge in [0.1, 0.15) is 0 Å². The molecule has 1 saturated heterocycles. The molecule has 0 spiro atoms. The van der Waals surface area contributed by atoms with Crippen LogP contribution >= 0.6 is 0 Å². The number of urea groups is 1. The van der Waals surface area contributed by atoms with E-state index in [0.717, 1.165) is 38.3 Å². The molecular weight excluding hydrogens is 310 g/mol. The van der Waals surface area contributed by atoms with Gasteiger partial charge in [-0.15, -0.1) is 0 Å². The van der Waals surface area contributed by atoms with Crippen molar-refractivity contribution in [3.8, 4) is 0 Å². The molecule has 0 unspecified atom stereocenters. The number of hydrogen-bond donors (Lipinski definition) is 1. The first kappa shape index (κ1) is 16.2. The van der Waals surface area contributed by atoms with Crippen molar-refractivity contribution in [2.45, 2.75) is 25.3 Å². The van der Waals surface area contributed by atoms with E-state index in [1.807, 2.05) is 35.2 Å². The Labute approximate surface area is 149 Å². The van der Waals surface area contributed by atoms with Gasteiger partial charge in [-0.1, -0.05) is 42.5 Å². The third-order valence-corrected chi connectivity index (χ3v) is 5.46. The minimum absolute atomic E-state index is 0.0137. The summed E-state index contributed by atoms with van der Waals surface area (Å²) in [7, 11) is 0. The van der Waals surface area contributed by atoms with Gasteiger partial charge in [0, 0.05) is 37.9 Å². The predicted octanol–water partition coefficient (Wildman–Crippen LogP) is 3.39. The van der Waals surface area contributed by atoms with E-state index in [1.54, 1.807) is 0 Å². The number of aryl methyl sites for hydroxylation is 1. The molecule has 1 atom stereocenters. The van der Waals surface area contributed by atoms with Gasteiger partial charge in [-0.3, -0.25) is 4.90 Å². The highest BCUT2D eigenvalue weighted by molar-refractivity contribution is 5.89. The minimum atomic E-state index is 0.0137. The van der Waals surface area contributed by atoms with Crippen molar-refractivity contribution in [3.05, 3.63) is 65.7 Å². The lowest BCUT2D eigenvalue weighted by molar-refractivity contribution is 0.106. The zero-order chi connectivity index (χ0) is 17.1. The average molecular weight is 335 g/mol. The first-order valence-electron chi connectivity index (χ1n) is 9.21. The summed E-state index contributed by atoms with van der Waals surface area (Å²) in [5.74, 6) is 0. The number of nitrogens with zero attached hydrogens (tertiary/aromatic N) is 2. The van der Waals surface area contributed by atoms with Crippen LogP contribution in [0.4, 0.5) is 10.5 Å². The van der Waals surface area contributed by atoms with E-state index in [0.29, 0.717) is 6.04 Å². The van der Waals surface area contributed by atoms with E-state index in [4.69, 9.17) is 0 Å². The number of piperazine rings is 1. The predicted molar refractivity (Wildman–Crippen MR) is 101 cm³/mol. The van der Waals surface area contributed by atoms with Crippen LogP contribution in [0.2, 0.25) is 0 Å². The van der Waals surface area contributed by atoms with Crippen molar-refractivity contribution in [2.24, 2.45) is 0 Å². The quantitative estimate of drug-likeness (QED) is 0.913. The molecule has 1 N–H and O–H groups in total. The molecule has 2 aliphatic rings. The fourth-order valence-corrected chi connectivity index (χ4v) is 4.00. The SMILES string of the molecule is O=C(Nc1ccccc1)N1CCN([C@@H]2CCc3ccccc3C2)CC1. The summed E-state index contributed by atoms with van der Waals surface area (Å²) in [6.45, 7) is 3.54.